The van der Waals surface area contributed by atoms with Gasteiger partial charge in [0.15, 0.2) is 0 Å². The molecule has 0 bridgehead atoms. The molecule has 0 aliphatic heterocycles. The van der Waals surface area contributed by atoms with Crippen molar-refractivity contribution < 1.29 is 9.90 Å². The van der Waals surface area contributed by atoms with Gasteiger partial charge in [-0.1, -0.05) is 6.92 Å². The smallest absolute Gasteiger partial charge is 0.339 e. The fourth-order valence-electron chi connectivity index (χ4n) is 1.79. The number of carboxylic acids is 1. The van der Waals surface area contributed by atoms with Crippen LogP contribution in [0.1, 0.15) is 35.8 Å². The average molecular weight is 221 g/mol. The quantitative estimate of drug-likeness (QED) is 0.808. The number of hydrogen-bond acceptors (Lipinski definition) is 4. The van der Waals surface area contributed by atoms with Crippen LogP contribution in [-0.2, 0) is 6.54 Å². The molecule has 0 saturated heterocycles. The second kappa shape index (κ2) is 4.57. The number of carbonyl (C=O) groups is 1. The first-order valence-electron chi connectivity index (χ1n) is 5.48. The van der Waals surface area contributed by atoms with Gasteiger partial charge < -0.3 is 5.11 Å². The van der Waals surface area contributed by atoms with Crippen molar-refractivity contribution >= 4 is 5.97 Å². The molecular formula is C11H15N3O2. The second-order valence-electron chi connectivity index (χ2n) is 3.98. The molecule has 1 aliphatic rings. The molecule has 1 aliphatic carbocycles. The van der Waals surface area contributed by atoms with Crippen LogP contribution in [0.2, 0.25) is 0 Å². The minimum Gasteiger partial charge on any atom is -0.478 e. The Morgan fingerprint density at radius 1 is 1.62 bits per heavy atom. The fourth-order valence-corrected chi connectivity index (χ4v) is 1.79. The first-order valence-corrected chi connectivity index (χ1v) is 5.48. The zero-order valence-electron chi connectivity index (χ0n) is 9.26. The predicted octanol–water partition coefficient (Wildman–Crippen LogP) is 1.16. The topological polar surface area (TPSA) is 66.3 Å². The van der Waals surface area contributed by atoms with Crippen LogP contribution in [-0.4, -0.2) is 38.5 Å². The highest BCUT2D eigenvalue weighted by molar-refractivity contribution is 5.88. The van der Waals surface area contributed by atoms with Crippen LogP contribution >= 0.6 is 0 Å². The van der Waals surface area contributed by atoms with Crippen molar-refractivity contribution in [1.82, 2.24) is 14.9 Å². The lowest BCUT2D eigenvalue weighted by Crippen LogP contribution is -2.26. The molecule has 5 nitrogen and oxygen atoms in total. The monoisotopic (exact) mass is 221 g/mol. The zero-order valence-corrected chi connectivity index (χ0v) is 9.26. The van der Waals surface area contributed by atoms with E-state index in [2.05, 4.69) is 21.8 Å². The molecule has 0 unspecified atom stereocenters. The summed E-state index contributed by atoms with van der Waals surface area (Å²) in [6, 6.07) is 0.613. The van der Waals surface area contributed by atoms with E-state index < -0.39 is 5.97 Å². The fraction of sp³-hybridized carbons (Fsp3) is 0.545. The molecule has 2 rings (SSSR count). The van der Waals surface area contributed by atoms with Crippen molar-refractivity contribution in [2.24, 2.45) is 0 Å². The summed E-state index contributed by atoms with van der Waals surface area (Å²) < 4.78 is 0. The van der Waals surface area contributed by atoms with Crippen LogP contribution in [0.15, 0.2) is 12.5 Å². The molecule has 5 heteroatoms. The maximum atomic E-state index is 11.0. The van der Waals surface area contributed by atoms with E-state index in [0.29, 0.717) is 18.3 Å². The molecule has 1 fully saturated rings. The van der Waals surface area contributed by atoms with E-state index in [1.807, 2.05) is 0 Å². The summed E-state index contributed by atoms with van der Waals surface area (Å²) in [5.41, 5.74) is 0.817. The van der Waals surface area contributed by atoms with E-state index in [4.69, 9.17) is 5.11 Å². The average Bonchev–Trinajstić information content (AvgIpc) is 3.10. The molecule has 0 radical (unpaired) electrons. The Kier molecular flexibility index (Phi) is 3.14. The molecule has 0 aromatic carbocycles. The summed E-state index contributed by atoms with van der Waals surface area (Å²) in [7, 11) is 0. The SMILES string of the molecule is CCN(Cc1ncncc1C(=O)O)C1CC1. The molecule has 0 amide bonds. The van der Waals surface area contributed by atoms with Gasteiger partial charge in [-0.2, -0.15) is 0 Å². The second-order valence-corrected chi connectivity index (χ2v) is 3.98. The van der Waals surface area contributed by atoms with Gasteiger partial charge in [-0.05, 0) is 19.4 Å². The third-order valence-electron chi connectivity index (χ3n) is 2.85. The van der Waals surface area contributed by atoms with Gasteiger partial charge in [-0.25, -0.2) is 14.8 Å². The van der Waals surface area contributed by atoms with Crippen LogP contribution in [0.5, 0.6) is 0 Å². The summed E-state index contributed by atoms with van der Waals surface area (Å²) in [4.78, 5) is 21.1. The van der Waals surface area contributed by atoms with E-state index in [-0.39, 0.29) is 5.56 Å². The molecular weight excluding hydrogens is 206 g/mol. The Balaban J connectivity index is 2.15. The number of carboxylic acid groups (broad SMARTS) is 1. The van der Waals surface area contributed by atoms with Crippen LogP contribution in [0.25, 0.3) is 0 Å². The molecule has 86 valence electrons. The highest BCUT2D eigenvalue weighted by Gasteiger charge is 2.28. The third-order valence-corrected chi connectivity index (χ3v) is 2.85. The Hall–Kier alpha value is -1.49. The standard InChI is InChI=1S/C11H15N3O2/c1-2-14(8-3-4-8)6-10-9(11(15)16)5-12-7-13-10/h5,7-8H,2-4,6H2,1H3,(H,15,16). The van der Waals surface area contributed by atoms with Crippen LogP contribution in [0.3, 0.4) is 0 Å². The van der Waals surface area contributed by atoms with E-state index in [0.717, 1.165) is 6.54 Å². The summed E-state index contributed by atoms with van der Waals surface area (Å²) in [5.74, 6) is -0.956. The van der Waals surface area contributed by atoms with Crippen molar-refractivity contribution in [3.63, 3.8) is 0 Å². The van der Waals surface area contributed by atoms with Gasteiger partial charge in [0.1, 0.15) is 11.9 Å². The van der Waals surface area contributed by atoms with E-state index >= 15 is 0 Å². The van der Waals surface area contributed by atoms with E-state index in [9.17, 15) is 4.79 Å². The largest absolute Gasteiger partial charge is 0.478 e. The van der Waals surface area contributed by atoms with E-state index in [1.54, 1.807) is 0 Å². The Labute approximate surface area is 94.1 Å². The van der Waals surface area contributed by atoms with E-state index in [1.165, 1.54) is 25.4 Å². The summed E-state index contributed by atoms with van der Waals surface area (Å²) in [6.45, 7) is 3.61. The highest BCUT2D eigenvalue weighted by Crippen LogP contribution is 2.27. The van der Waals surface area contributed by atoms with Gasteiger partial charge in [0, 0.05) is 18.8 Å². The van der Waals surface area contributed by atoms with Gasteiger partial charge >= 0.3 is 5.97 Å². The molecule has 1 heterocycles. The maximum absolute atomic E-state index is 11.0. The van der Waals surface area contributed by atoms with Gasteiger partial charge in [0.2, 0.25) is 0 Å². The Morgan fingerprint density at radius 2 is 2.38 bits per heavy atom. The lowest BCUT2D eigenvalue weighted by atomic mass is 10.2. The first kappa shape index (κ1) is 11.0. The van der Waals surface area contributed by atoms with Gasteiger partial charge in [0.05, 0.1) is 5.69 Å². The molecule has 1 N–H and O–H groups in total. The minimum atomic E-state index is -0.956. The number of nitrogens with zero attached hydrogens (tertiary/aromatic N) is 3. The first-order chi connectivity index (χ1) is 7.72. The van der Waals surface area contributed by atoms with Crippen LogP contribution < -0.4 is 0 Å². The van der Waals surface area contributed by atoms with Crippen molar-refractivity contribution in [2.75, 3.05) is 6.54 Å². The van der Waals surface area contributed by atoms with Crippen molar-refractivity contribution in [3.05, 3.63) is 23.8 Å². The van der Waals surface area contributed by atoms with Crippen molar-refractivity contribution in [1.29, 1.82) is 0 Å². The van der Waals surface area contributed by atoms with Gasteiger partial charge in [-0.3, -0.25) is 4.90 Å². The molecule has 1 aromatic heterocycles. The zero-order chi connectivity index (χ0) is 11.5. The summed E-state index contributed by atoms with van der Waals surface area (Å²) >= 11 is 0. The molecule has 0 atom stereocenters. The van der Waals surface area contributed by atoms with Gasteiger partial charge in [0.25, 0.3) is 0 Å². The molecule has 16 heavy (non-hydrogen) atoms. The summed E-state index contributed by atoms with van der Waals surface area (Å²) in [6.07, 6.45) is 5.19. The highest BCUT2D eigenvalue weighted by atomic mass is 16.4. The number of rotatable bonds is 5. The van der Waals surface area contributed by atoms with Crippen molar-refractivity contribution in [2.45, 2.75) is 32.4 Å². The summed E-state index contributed by atoms with van der Waals surface area (Å²) in [5, 5.41) is 9.01. The lowest BCUT2D eigenvalue weighted by molar-refractivity contribution is 0.0693. The minimum absolute atomic E-state index is 0.210. The van der Waals surface area contributed by atoms with Gasteiger partial charge in [-0.15, -0.1) is 0 Å². The maximum Gasteiger partial charge on any atom is 0.339 e. The molecule has 1 aromatic rings. The van der Waals surface area contributed by atoms with Crippen LogP contribution in [0.4, 0.5) is 0 Å². The third kappa shape index (κ3) is 2.36. The molecule has 1 saturated carbocycles. The normalized spacial score (nSPS) is 15.4. The molecule has 0 spiro atoms. The predicted molar refractivity (Wildman–Crippen MR) is 58.1 cm³/mol. The van der Waals surface area contributed by atoms with Crippen LogP contribution in [0, 0.1) is 0 Å². The number of aromatic carboxylic acids is 1. The lowest BCUT2D eigenvalue weighted by Gasteiger charge is -2.19. The Bertz CT molecular complexity index is 391. The number of aromatic nitrogens is 2. The van der Waals surface area contributed by atoms with Crippen molar-refractivity contribution in [3.8, 4) is 0 Å². The Morgan fingerprint density at radius 3 is 2.94 bits per heavy atom. The number of hydrogen-bond donors (Lipinski definition) is 1.